The molecule has 18 heavy (non-hydrogen) atoms. The Bertz CT molecular complexity index is 524. The lowest BCUT2D eigenvalue weighted by molar-refractivity contribution is 0.476. The van der Waals surface area contributed by atoms with Crippen LogP contribution in [0, 0.1) is 6.92 Å². The van der Waals surface area contributed by atoms with Crippen LogP contribution in [-0.2, 0) is 10.0 Å². The van der Waals surface area contributed by atoms with Crippen LogP contribution in [0.1, 0.15) is 19.4 Å². The summed E-state index contributed by atoms with van der Waals surface area (Å²) in [5.41, 5.74) is 7.84. The Labute approximate surface area is 109 Å². The second-order valence-corrected chi connectivity index (χ2v) is 6.93. The van der Waals surface area contributed by atoms with Crippen LogP contribution in [0.25, 0.3) is 0 Å². The largest absolute Gasteiger partial charge is 0.399 e. The van der Waals surface area contributed by atoms with Crippen LogP contribution in [-0.4, -0.2) is 26.8 Å². The SMILES string of the molecule is Cc1cc(NCC(C)(C)NS(C)(=O)=O)ccc1N. The van der Waals surface area contributed by atoms with E-state index >= 15 is 0 Å². The smallest absolute Gasteiger partial charge is 0.209 e. The molecule has 0 aromatic heterocycles. The highest BCUT2D eigenvalue weighted by molar-refractivity contribution is 7.88. The number of sulfonamides is 1. The maximum atomic E-state index is 11.2. The van der Waals surface area contributed by atoms with E-state index < -0.39 is 15.6 Å². The molecule has 1 aromatic carbocycles. The topological polar surface area (TPSA) is 84.2 Å². The molecule has 6 heteroatoms. The number of benzene rings is 1. The molecule has 0 aliphatic carbocycles. The summed E-state index contributed by atoms with van der Waals surface area (Å²) in [6.45, 7) is 6.07. The minimum Gasteiger partial charge on any atom is -0.399 e. The predicted octanol–water partition coefficient (Wildman–Crippen LogP) is 1.32. The van der Waals surface area contributed by atoms with E-state index in [9.17, 15) is 8.42 Å². The average Bonchev–Trinajstić information content (AvgIpc) is 2.16. The minimum atomic E-state index is -3.21. The second kappa shape index (κ2) is 5.16. The third kappa shape index (κ3) is 4.93. The van der Waals surface area contributed by atoms with Crippen molar-refractivity contribution >= 4 is 21.4 Å². The van der Waals surface area contributed by atoms with Crippen LogP contribution >= 0.6 is 0 Å². The second-order valence-electron chi connectivity index (χ2n) is 5.18. The molecule has 0 amide bonds. The van der Waals surface area contributed by atoms with Crippen LogP contribution in [0.4, 0.5) is 11.4 Å². The number of hydrogen-bond acceptors (Lipinski definition) is 4. The molecular formula is C12H21N3O2S. The highest BCUT2D eigenvalue weighted by atomic mass is 32.2. The standard InChI is InChI=1S/C12H21N3O2S/c1-9-7-10(5-6-11(9)13)14-8-12(2,3)15-18(4,16)17/h5-7,14-15H,8,13H2,1-4H3. The molecule has 0 bridgehead atoms. The van der Waals surface area contributed by atoms with E-state index in [1.54, 1.807) is 0 Å². The molecule has 0 atom stereocenters. The van der Waals surface area contributed by atoms with Gasteiger partial charge in [0.25, 0.3) is 0 Å². The lowest BCUT2D eigenvalue weighted by Crippen LogP contribution is -2.47. The quantitative estimate of drug-likeness (QED) is 0.705. The van der Waals surface area contributed by atoms with Crippen molar-refractivity contribution in [2.24, 2.45) is 0 Å². The zero-order valence-electron chi connectivity index (χ0n) is 11.2. The maximum Gasteiger partial charge on any atom is 0.209 e. The van der Waals surface area contributed by atoms with E-state index in [1.807, 2.05) is 39.0 Å². The summed E-state index contributed by atoms with van der Waals surface area (Å²) in [7, 11) is -3.21. The molecule has 0 heterocycles. The summed E-state index contributed by atoms with van der Waals surface area (Å²) >= 11 is 0. The summed E-state index contributed by atoms with van der Waals surface area (Å²) in [4.78, 5) is 0. The first-order chi connectivity index (χ1) is 8.09. The molecule has 0 saturated heterocycles. The van der Waals surface area contributed by atoms with E-state index in [0.717, 1.165) is 23.2 Å². The summed E-state index contributed by atoms with van der Waals surface area (Å²) in [6.07, 6.45) is 1.15. The van der Waals surface area contributed by atoms with E-state index in [2.05, 4.69) is 10.0 Å². The van der Waals surface area contributed by atoms with Crippen LogP contribution in [0.15, 0.2) is 18.2 Å². The van der Waals surface area contributed by atoms with Gasteiger partial charge in [0.05, 0.1) is 6.26 Å². The Morgan fingerprint density at radius 2 is 1.94 bits per heavy atom. The Morgan fingerprint density at radius 1 is 1.33 bits per heavy atom. The van der Waals surface area contributed by atoms with Crippen molar-refractivity contribution in [3.05, 3.63) is 23.8 Å². The fourth-order valence-electron chi connectivity index (χ4n) is 1.65. The molecule has 0 aliphatic heterocycles. The zero-order chi connectivity index (χ0) is 14.0. The van der Waals surface area contributed by atoms with Crippen LogP contribution in [0.5, 0.6) is 0 Å². The van der Waals surface area contributed by atoms with Gasteiger partial charge in [0, 0.05) is 23.5 Å². The van der Waals surface area contributed by atoms with Gasteiger partial charge in [-0.3, -0.25) is 0 Å². The number of hydrogen-bond donors (Lipinski definition) is 3. The first-order valence-corrected chi connectivity index (χ1v) is 7.57. The number of anilines is 2. The van der Waals surface area contributed by atoms with Gasteiger partial charge in [-0.1, -0.05) is 0 Å². The molecule has 0 saturated carbocycles. The summed E-state index contributed by atoms with van der Waals surface area (Å²) in [6, 6.07) is 5.64. The fourth-order valence-corrected chi connectivity index (χ4v) is 2.72. The van der Waals surface area contributed by atoms with Gasteiger partial charge in [0.15, 0.2) is 0 Å². The van der Waals surface area contributed by atoms with Crippen LogP contribution in [0.3, 0.4) is 0 Å². The molecule has 0 unspecified atom stereocenters. The van der Waals surface area contributed by atoms with E-state index in [-0.39, 0.29) is 0 Å². The monoisotopic (exact) mass is 271 g/mol. The normalized spacial score (nSPS) is 12.4. The van der Waals surface area contributed by atoms with Crippen molar-refractivity contribution < 1.29 is 8.42 Å². The Hall–Kier alpha value is -1.27. The van der Waals surface area contributed by atoms with Crippen molar-refractivity contribution in [3.8, 4) is 0 Å². The van der Waals surface area contributed by atoms with E-state index in [1.165, 1.54) is 0 Å². The Morgan fingerprint density at radius 3 is 2.44 bits per heavy atom. The van der Waals surface area contributed by atoms with Gasteiger partial charge in [-0.2, -0.15) is 0 Å². The van der Waals surface area contributed by atoms with Crippen molar-refractivity contribution in [1.29, 1.82) is 0 Å². The number of aryl methyl sites for hydroxylation is 1. The minimum absolute atomic E-state index is 0.490. The molecule has 5 nitrogen and oxygen atoms in total. The molecule has 102 valence electrons. The van der Waals surface area contributed by atoms with Gasteiger partial charge in [0.2, 0.25) is 10.0 Å². The van der Waals surface area contributed by atoms with Gasteiger partial charge in [-0.05, 0) is 44.5 Å². The van der Waals surface area contributed by atoms with E-state index in [4.69, 9.17) is 5.73 Å². The van der Waals surface area contributed by atoms with Crippen LogP contribution < -0.4 is 15.8 Å². The molecule has 0 fully saturated rings. The van der Waals surface area contributed by atoms with E-state index in [0.29, 0.717) is 6.54 Å². The summed E-state index contributed by atoms with van der Waals surface area (Å²) in [5, 5.41) is 3.19. The fraction of sp³-hybridized carbons (Fsp3) is 0.500. The first-order valence-electron chi connectivity index (χ1n) is 5.68. The Balaban J connectivity index is 2.67. The molecule has 0 spiro atoms. The Kier molecular flexibility index (Phi) is 4.24. The van der Waals surface area contributed by atoms with Gasteiger partial charge < -0.3 is 11.1 Å². The average molecular weight is 271 g/mol. The van der Waals surface area contributed by atoms with Crippen LogP contribution in [0.2, 0.25) is 0 Å². The van der Waals surface area contributed by atoms with Gasteiger partial charge in [0.1, 0.15) is 0 Å². The van der Waals surface area contributed by atoms with Crippen molar-refractivity contribution in [1.82, 2.24) is 4.72 Å². The zero-order valence-corrected chi connectivity index (χ0v) is 12.1. The van der Waals surface area contributed by atoms with Crippen molar-refractivity contribution in [3.63, 3.8) is 0 Å². The molecule has 0 aliphatic rings. The number of rotatable bonds is 5. The van der Waals surface area contributed by atoms with Crippen molar-refractivity contribution in [2.45, 2.75) is 26.3 Å². The molecule has 1 aromatic rings. The van der Waals surface area contributed by atoms with Gasteiger partial charge >= 0.3 is 0 Å². The predicted molar refractivity (Wildman–Crippen MR) is 76.1 cm³/mol. The molecular weight excluding hydrogens is 250 g/mol. The number of nitrogens with one attached hydrogen (secondary N) is 2. The summed E-state index contributed by atoms with van der Waals surface area (Å²) in [5.74, 6) is 0. The number of nitrogen functional groups attached to an aromatic ring is 1. The van der Waals surface area contributed by atoms with Crippen molar-refractivity contribution in [2.75, 3.05) is 23.9 Å². The molecule has 0 radical (unpaired) electrons. The third-order valence-electron chi connectivity index (χ3n) is 2.47. The lowest BCUT2D eigenvalue weighted by atomic mass is 10.1. The third-order valence-corrected chi connectivity index (χ3v) is 3.39. The number of nitrogens with two attached hydrogens (primary N) is 1. The lowest BCUT2D eigenvalue weighted by Gasteiger charge is -2.26. The molecule has 1 rings (SSSR count). The maximum absolute atomic E-state index is 11.2. The molecule has 4 N–H and O–H groups in total. The highest BCUT2D eigenvalue weighted by Gasteiger charge is 2.21. The van der Waals surface area contributed by atoms with Gasteiger partial charge in [-0.15, -0.1) is 0 Å². The first kappa shape index (κ1) is 14.8. The van der Waals surface area contributed by atoms with Gasteiger partial charge in [-0.25, -0.2) is 13.1 Å². The summed E-state index contributed by atoms with van der Waals surface area (Å²) < 4.78 is 25.0. The highest BCUT2D eigenvalue weighted by Crippen LogP contribution is 2.17.